The van der Waals surface area contributed by atoms with Crippen LogP contribution in [0.25, 0.3) is 0 Å². The molecule has 102 valence electrons. The maximum Gasteiger partial charge on any atom is 0.265 e. The summed E-state index contributed by atoms with van der Waals surface area (Å²) in [4.78, 5) is 15.1. The molecule has 1 fully saturated rings. The molecule has 0 aromatic carbocycles. The van der Waals surface area contributed by atoms with Gasteiger partial charge in [0.25, 0.3) is 5.91 Å². The van der Waals surface area contributed by atoms with Gasteiger partial charge < -0.3 is 10.0 Å². The van der Waals surface area contributed by atoms with Crippen LogP contribution in [-0.4, -0.2) is 35.6 Å². The van der Waals surface area contributed by atoms with E-state index in [2.05, 4.69) is 18.8 Å². The summed E-state index contributed by atoms with van der Waals surface area (Å²) in [5.41, 5.74) is 0.739. The fourth-order valence-corrected chi connectivity index (χ4v) is 3.33. The molecule has 1 N–H and O–H groups in total. The van der Waals surface area contributed by atoms with Gasteiger partial charge >= 0.3 is 0 Å². The highest BCUT2D eigenvalue weighted by Gasteiger charge is 2.27. The maximum absolute atomic E-state index is 12.4. The van der Waals surface area contributed by atoms with Crippen LogP contribution in [0.2, 0.25) is 0 Å². The number of carbonyl (C=O) groups is 1. The fourth-order valence-electron chi connectivity index (χ4n) is 2.51. The summed E-state index contributed by atoms with van der Waals surface area (Å²) in [5.74, 6) is 6.20. The topological polar surface area (TPSA) is 40.5 Å². The minimum absolute atomic E-state index is 0.0934. The van der Waals surface area contributed by atoms with Gasteiger partial charge in [-0.1, -0.05) is 25.2 Å². The number of hydrogen-bond donors (Lipinski definition) is 1. The van der Waals surface area contributed by atoms with Crippen LogP contribution in [0.1, 0.15) is 41.4 Å². The van der Waals surface area contributed by atoms with Crippen molar-refractivity contribution in [3.63, 3.8) is 0 Å². The normalized spacial score (nSPS) is 18.2. The Labute approximate surface area is 118 Å². The van der Waals surface area contributed by atoms with Crippen LogP contribution in [0.15, 0.2) is 11.4 Å². The first-order chi connectivity index (χ1) is 9.26. The van der Waals surface area contributed by atoms with Crippen LogP contribution in [0.5, 0.6) is 0 Å². The van der Waals surface area contributed by atoms with Crippen molar-refractivity contribution in [3.05, 3.63) is 21.9 Å². The lowest BCUT2D eigenvalue weighted by Crippen LogP contribution is -2.28. The van der Waals surface area contributed by atoms with Gasteiger partial charge in [0, 0.05) is 18.7 Å². The van der Waals surface area contributed by atoms with Crippen LogP contribution < -0.4 is 0 Å². The van der Waals surface area contributed by atoms with E-state index in [-0.39, 0.29) is 12.5 Å². The quantitative estimate of drug-likeness (QED) is 0.862. The average molecular weight is 277 g/mol. The molecule has 1 unspecified atom stereocenters. The van der Waals surface area contributed by atoms with E-state index in [1.165, 1.54) is 24.2 Å². The first-order valence-electron chi connectivity index (χ1n) is 6.72. The lowest BCUT2D eigenvalue weighted by molar-refractivity contribution is 0.0791. The number of rotatable bonds is 3. The molecule has 1 atom stereocenters. The zero-order valence-electron chi connectivity index (χ0n) is 11.2. The Morgan fingerprint density at radius 3 is 3.21 bits per heavy atom. The number of likely N-dealkylation sites (tertiary alicyclic amines) is 1. The van der Waals surface area contributed by atoms with Gasteiger partial charge in [-0.05, 0) is 30.2 Å². The highest BCUT2D eigenvalue weighted by atomic mass is 32.1. The molecular weight excluding hydrogens is 258 g/mol. The monoisotopic (exact) mass is 277 g/mol. The third-order valence-electron chi connectivity index (χ3n) is 3.43. The fraction of sp³-hybridized carbons (Fsp3) is 0.533. The Bertz CT molecular complexity index is 498. The van der Waals surface area contributed by atoms with Crippen molar-refractivity contribution in [2.45, 2.75) is 26.2 Å². The summed E-state index contributed by atoms with van der Waals surface area (Å²) in [6, 6.07) is 1.85. The Hall–Kier alpha value is -1.31. The Morgan fingerprint density at radius 2 is 2.47 bits per heavy atom. The maximum atomic E-state index is 12.4. The average Bonchev–Trinajstić information content (AvgIpc) is 3.04. The molecule has 1 saturated heterocycles. The van der Waals surface area contributed by atoms with Crippen molar-refractivity contribution >= 4 is 17.2 Å². The zero-order chi connectivity index (χ0) is 13.7. The molecule has 0 spiro atoms. The second-order valence-electron chi connectivity index (χ2n) is 4.82. The van der Waals surface area contributed by atoms with Crippen molar-refractivity contribution in [1.29, 1.82) is 0 Å². The SMILES string of the molecule is CCCC1CCN(C(=O)c2sccc2C#CCO)C1. The van der Waals surface area contributed by atoms with Gasteiger partial charge in [-0.25, -0.2) is 0 Å². The highest BCUT2D eigenvalue weighted by molar-refractivity contribution is 7.12. The minimum atomic E-state index is -0.175. The zero-order valence-corrected chi connectivity index (χ0v) is 12.0. The Morgan fingerprint density at radius 1 is 1.63 bits per heavy atom. The molecule has 0 bridgehead atoms. The molecule has 1 amide bonds. The third kappa shape index (κ3) is 3.37. The molecular formula is C15H19NO2S. The summed E-state index contributed by atoms with van der Waals surface area (Å²) in [5, 5.41) is 10.6. The Kier molecular flexibility index (Phi) is 5.00. The largest absolute Gasteiger partial charge is 0.384 e. The smallest absolute Gasteiger partial charge is 0.265 e. The number of thiophene rings is 1. The third-order valence-corrected chi connectivity index (χ3v) is 4.33. The molecule has 1 aromatic heterocycles. The van der Waals surface area contributed by atoms with Gasteiger partial charge in [0.15, 0.2) is 0 Å². The summed E-state index contributed by atoms with van der Waals surface area (Å²) >= 11 is 1.43. The van der Waals surface area contributed by atoms with Gasteiger partial charge in [-0.15, -0.1) is 11.3 Å². The van der Waals surface area contributed by atoms with E-state index >= 15 is 0 Å². The summed E-state index contributed by atoms with van der Waals surface area (Å²) in [7, 11) is 0. The Balaban J connectivity index is 2.06. The van der Waals surface area contributed by atoms with Crippen LogP contribution in [-0.2, 0) is 0 Å². The molecule has 19 heavy (non-hydrogen) atoms. The molecule has 0 radical (unpaired) electrons. The number of aliphatic hydroxyl groups is 1. The van der Waals surface area contributed by atoms with E-state index in [0.717, 1.165) is 25.1 Å². The van der Waals surface area contributed by atoms with E-state index in [1.807, 2.05) is 16.3 Å². The summed E-state index contributed by atoms with van der Waals surface area (Å²) in [6.45, 7) is 3.74. The molecule has 2 heterocycles. The van der Waals surface area contributed by atoms with E-state index in [1.54, 1.807) is 0 Å². The van der Waals surface area contributed by atoms with Crippen molar-refractivity contribution in [1.82, 2.24) is 4.90 Å². The molecule has 2 rings (SSSR count). The predicted octanol–water partition coefficient (Wildman–Crippen LogP) is 2.35. The number of aliphatic hydroxyl groups excluding tert-OH is 1. The second kappa shape index (κ2) is 6.74. The lowest BCUT2D eigenvalue weighted by atomic mass is 10.0. The molecule has 1 aromatic rings. The lowest BCUT2D eigenvalue weighted by Gasteiger charge is -2.15. The number of amides is 1. The first kappa shape index (κ1) is 14.1. The van der Waals surface area contributed by atoms with E-state index < -0.39 is 0 Å². The summed E-state index contributed by atoms with van der Waals surface area (Å²) in [6.07, 6.45) is 3.49. The van der Waals surface area contributed by atoms with Crippen molar-refractivity contribution in [3.8, 4) is 11.8 Å². The summed E-state index contributed by atoms with van der Waals surface area (Å²) < 4.78 is 0. The van der Waals surface area contributed by atoms with E-state index in [0.29, 0.717) is 10.8 Å². The van der Waals surface area contributed by atoms with Gasteiger partial charge in [0.2, 0.25) is 0 Å². The first-order valence-corrected chi connectivity index (χ1v) is 7.60. The number of carbonyl (C=O) groups excluding carboxylic acids is 1. The van der Waals surface area contributed by atoms with Crippen molar-refractivity contribution < 1.29 is 9.90 Å². The van der Waals surface area contributed by atoms with Crippen LogP contribution in [0.3, 0.4) is 0 Å². The highest BCUT2D eigenvalue weighted by Crippen LogP contribution is 2.25. The van der Waals surface area contributed by atoms with E-state index in [4.69, 9.17) is 5.11 Å². The molecule has 4 heteroatoms. The standard InChI is InChI=1S/C15H19NO2S/c1-2-4-12-6-8-16(11-12)15(18)14-13(5-3-9-17)7-10-19-14/h7,10,12,17H,2,4,6,8-9,11H2,1H3. The van der Waals surface area contributed by atoms with Gasteiger partial charge in [0.05, 0.1) is 0 Å². The molecule has 1 aliphatic rings. The predicted molar refractivity (Wildman–Crippen MR) is 77.2 cm³/mol. The van der Waals surface area contributed by atoms with Gasteiger partial charge in [-0.2, -0.15) is 0 Å². The minimum Gasteiger partial charge on any atom is -0.384 e. The molecule has 3 nitrogen and oxygen atoms in total. The molecule has 0 saturated carbocycles. The van der Waals surface area contributed by atoms with Crippen LogP contribution >= 0.6 is 11.3 Å². The molecule has 1 aliphatic heterocycles. The number of nitrogens with zero attached hydrogens (tertiary/aromatic N) is 1. The second-order valence-corrected chi connectivity index (χ2v) is 5.73. The van der Waals surface area contributed by atoms with Crippen LogP contribution in [0.4, 0.5) is 0 Å². The number of hydrogen-bond acceptors (Lipinski definition) is 3. The van der Waals surface area contributed by atoms with Gasteiger partial charge in [-0.3, -0.25) is 4.79 Å². The van der Waals surface area contributed by atoms with E-state index in [9.17, 15) is 4.79 Å². The van der Waals surface area contributed by atoms with Crippen LogP contribution in [0, 0.1) is 17.8 Å². The van der Waals surface area contributed by atoms with Crippen molar-refractivity contribution in [2.24, 2.45) is 5.92 Å². The van der Waals surface area contributed by atoms with Gasteiger partial charge in [0.1, 0.15) is 11.5 Å². The van der Waals surface area contributed by atoms with Crippen molar-refractivity contribution in [2.75, 3.05) is 19.7 Å². The molecule has 0 aliphatic carbocycles.